The third-order valence-corrected chi connectivity index (χ3v) is 3.97. The van der Waals surface area contributed by atoms with Crippen molar-refractivity contribution in [2.45, 2.75) is 6.92 Å². The Hall–Kier alpha value is -3.59. The molecule has 3 aromatic rings. The lowest BCUT2D eigenvalue weighted by molar-refractivity contribution is 0.0955. The Balaban J connectivity index is 1.94. The van der Waals surface area contributed by atoms with E-state index < -0.39 is 11.5 Å². The van der Waals surface area contributed by atoms with Crippen molar-refractivity contribution in [3.63, 3.8) is 0 Å². The van der Waals surface area contributed by atoms with Crippen molar-refractivity contribution in [1.82, 2.24) is 20.0 Å². The number of pyridine rings is 1. The van der Waals surface area contributed by atoms with E-state index in [0.29, 0.717) is 11.3 Å². The number of aromatic nitrogens is 3. The minimum Gasteiger partial charge on any atom is -0.494 e. The van der Waals surface area contributed by atoms with Gasteiger partial charge in [-0.3, -0.25) is 24.1 Å². The SMILES string of the molecule is Cc1cccc(-n2c(O)c(C=NNC(=O)c3ccncc3)c(=O)[nH]c2=S)c1. The maximum atomic E-state index is 12.1. The molecule has 0 bridgehead atoms. The molecule has 0 saturated heterocycles. The summed E-state index contributed by atoms with van der Waals surface area (Å²) < 4.78 is 1.36. The summed E-state index contributed by atoms with van der Waals surface area (Å²) in [4.78, 5) is 30.4. The number of H-pyrrole nitrogens is 1. The molecule has 2 aromatic heterocycles. The van der Waals surface area contributed by atoms with Gasteiger partial charge in [0, 0.05) is 18.0 Å². The van der Waals surface area contributed by atoms with Crippen LogP contribution >= 0.6 is 12.2 Å². The fourth-order valence-electron chi connectivity index (χ4n) is 2.38. The Morgan fingerprint density at radius 1 is 1.33 bits per heavy atom. The van der Waals surface area contributed by atoms with Gasteiger partial charge in [0.05, 0.1) is 11.9 Å². The molecule has 136 valence electrons. The van der Waals surface area contributed by atoms with Crippen molar-refractivity contribution in [2.75, 3.05) is 0 Å². The molecule has 27 heavy (non-hydrogen) atoms. The second-order valence-electron chi connectivity index (χ2n) is 5.61. The van der Waals surface area contributed by atoms with Crippen LogP contribution in [-0.4, -0.2) is 31.8 Å². The number of benzene rings is 1. The minimum absolute atomic E-state index is 0.0427. The molecule has 0 aliphatic heterocycles. The van der Waals surface area contributed by atoms with E-state index in [1.54, 1.807) is 18.2 Å². The summed E-state index contributed by atoms with van der Waals surface area (Å²) in [5, 5.41) is 14.3. The molecule has 0 fully saturated rings. The maximum Gasteiger partial charge on any atom is 0.271 e. The molecule has 8 nitrogen and oxygen atoms in total. The topological polar surface area (TPSA) is 112 Å². The van der Waals surface area contributed by atoms with Gasteiger partial charge in [-0.1, -0.05) is 12.1 Å². The van der Waals surface area contributed by atoms with Gasteiger partial charge in [-0.2, -0.15) is 5.10 Å². The van der Waals surface area contributed by atoms with E-state index in [2.05, 4.69) is 20.5 Å². The Morgan fingerprint density at radius 3 is 2.78 bits per heavy atom. The quantitative estimate of drug-likeness (QED) is 0.364. The van der Waals surface area contributed by atoms with Crippen LogP contribution in [0.5, 0.6) is 5.88 Å². The summed E-state index contributed by atoms with van der Waals surface area (Å²) in [7, 11) is 0. The Bertz CT molecular complexity index is 1140. The number of hydrazone groups is 1. The molecule has 0 atom stereocenters. The number of aryl methyl sites for hydroxylation is 1. The van der Waals surface area contributed by atoms with E-state index in [0.717, 1.165) is 11.8 Å². The van der Waals surface area contributed by atoms with Crippen LogP contribution in [0, 0.1) is 11.7 Å². The number of carbonyl (C=O) groups excluding carboxylic acids is 1. The smallest absolute Gasteiger partial charge is 0.271 e. The van der Waals surface area contributed by atoms with Gasteiger partial charge in [-0.25, -0.2) is 5.43 Å². The Labute approximate surface area is 158 Å². The van der Waals surface area contributed by atoms with Crippen LogP contribution in [0.3, 0.4) is 0 Å². The van der Waals surface area contributed by atoms with Gasteiger partial charge in [0.15, 0.2) is 4.77 Å². The first kappa shape index (κ1) is 18.2. The molecule has 0 aliphatic carbocycles. The van der Waals surface area contributed by atoms with Gasteiger partial charge in [0.2, 0.25) is 5.88 Å². The van der Waals surface area contributed by atoms with Crippen molar-refractivity contribution >= 4 is 24.3 Å². The first-order valence-corrected chi connectivity index (χ1v) is 8.27. The number of amides is 1. The number of rotatable bonds is 4. The number of nitrogens with zero attached hydrogens (tertiary/aromatic N) is 3. The molecule has 0 unspecified atom stereocenters. The van der Waals surface area contributed by atoms with Crippen molar-refractivity contribution in [2.24, 2.45) is 5.10 Å². The van der Waals surface area contributed by atoms with Crippen LogP contribution in [0.4, 0.5) is 0 Å². The molecular formula is C18H15N5O3S. The lowest BCUT2D eigenvalue weighted by Gasteiger charge is -2.11. The van der Waals surface area contributed by atoms with Gasteiger partial charge in [-0.05, 0) is 49.0 Å². The molecule has 1 aromatic carbocycles. The number of hydrogen-bond acceptors (Lipinski definition) is 6. The number of carbonyl (C=O) groups is 1. The van der Waals surface area contributed by atoms with Crippen LogP contribution in [0.2, 0.25) is 0 Å². The summed E-state index contributed by atoms with van der Waals surface area (Å²) in [6, 6.07) is 10.3. The summed E-state index contributed by atoms with van der Waals surface area (Å²) in [6.07, 6.45) is 4.01. The van der Waals surface area contributed by atoms with Crippen molar-refractivity contribution in [3.8, 4) is 11.6 Å². The molecule has 9 heteroatoms. The highest BCUT2D eigenvalue weighted by Crippen LogP contribution is 2.19. The number of aromatic amines is 1. The van der Waals surface area contributed by atoms with Gasteiger partial charge in [-0.15, -0.1) is 0 Å². The standard InChI is InChI=1S/C18H15N5O3S/c1-11-3-2-4-13(9-11)23-17(26)14(16(25)21-18(23)27)10-20-22-15(24)12-5-7-19-8-6-12/h2-10,26H,1H3,(H,22,24)(H,21,25,27). The predicted octanol–water partition coefficient (Wildman–Crippen LogP) is 2.07. The van der Waals surface area contributed by atoms with E-state index >= 15 is 0 Å². The van der Waals surface area contributed by atoms with Crippen LogP contribution in [0.1, 0.15) is 21.5 Å². The van der Waals surface area contributed by atoms with E-state index in [1.165, 1.54) is 29.1 Å². The summed E-state index contributed by atoms with van der Waals surface area (Å²) in [6.45, 7) is 1.90. The highest BCUT2D eigenvalue weighted by molar-refractivity contribution is 7.71. The van der Waals surface area contributed by atoms with Crippen LogP contribution in [0.15, 0.2) is 58.7 Å². The van der Waals surface area contributed by atoms with E-state index in [-0.39, 0.29) is 16.2 Å². The van der Waals surface area contributed by atoms with Gasteiger partial charge in [0.25, 0.3) is 11.5 Å². The summed E-state index contributed by atoms with van der Waals surface area (Å²) in [5.41, 5.74) is 3.43. The zero-order chi connectivity index (χ0) is 19.4. The molecule has 3 rings (SSSR count). The van der Waals surface area contributed by atoms with Crippen molar-refractivity contribution in [1.29, 1.82) is 0 Å². The highest BCUT2D eigenvalue weighted by atomic mass is 32.1. The largest absolute Gasteiger partial charge is 0.494 e. The van der Waals surface area contributed by atoms with E-state index in [9.17, 15) is 14.7 Å². The molecule has 1 amide bonds. The first-order valence-electron chi connectivity index (χ1n) is 7.86. The zero-order valence-electron chi connectivity index (χ0n) is 14.2. The molecular weight excluding hydrogens is 366 g/mol. The van der Waals surface area contributed by atoms with Crippen LogP contribution in [-0.2, 0) is 0 Å². The fraction of sp³-hybridized carbons (Fsp3) is 0.0556. The minimum atomic E-state index is -0.622. The van der Waals surface area contributed by atoms with Crippen LogP contribution < -0.4 is 11.0 Å². The monoisotopic (exact) mass is 381 g/mol. The van der Waals surface area contributed by atoms with Gasteiger partial charge >= 0.3 is 0 Å². The molecule has 0 aliphatic rings. The molecule has 2 heterocycles. The van der Waals surface area contributed by atoms with Crippen LogP contribution in [0.25, 0.3) is 5.69 Å². The van der Waals surface area contributed by atoms with Gasteiger partial charge < -0.3 is 5.11 Å². The fourth-order valence-corrected chi connectivity index (χ4v) is 2.67. The average Bonchev–Trinajstić information content (AvgIpc) is 2.65. The van der Waals surface area contributed by atoms with Gasteiger partial charge in [0.1, 0.15) is 5.56 Å². The maximum absolute atomic E-state index is 12.1. The highest BCUT2D eigenvalue weighted by Gasteiger charge is 2.13. The third kappa shape index (κ3) is 3.98. The third-order valence-electron chi connectivity index (χ3n) is 3.68. The zero-order valence-corrected chi connectivity index (χ0v) is 15.0. The number of hydrogen-bond donors (Lipinski definition) is 3. The molecule has 0 saturated carbocycles. The second kappa shape index (κ2) is 7.75. The number of nitrogens with one attached hydrogen (secondary N) is 2. The molecule has 3 N–H and O–H groups in total. The predicted molar refractivity (Wildman–Crippen MR) is 103 cm³/mol. The normalized spacial score (nSPS) is 10.9. The second-order valence-corrected chi connectivity index (χ2v) is 5.99. The Kier molecular flexibility index (Phi) is 5.23. The number of aromatic hydroxyl groups is 1. The van der Waals surface area contributed by atoms with Crippen molar-refractivity contribution in [3.05, 3.63) is 80.6 Å². The Morgan fingerprint density at radius 2 is 2.07 bits per heavy atom. The summed E-state index contributed by atoms with van der Waals surface area (Å²) >= 11 is 5.16. The summed E-state index contributed by atoms with van der Waals surface area (Å²) in [5.74, 6) is -0.854. The lowest BCUT2D eigenvalue weighted by Crippen LogP contribution is -2.21. The first-order chi connectivity index (χ1) is 13.0. The average molecular weight is 381 g/mol. The van der Waals surface area contributed by atoms with Crippen molar-refractivity contribution < 1.29 is 9.90 Å². The lowest BCUT2D eigenvalue weighted by atomic mass is 10.2. The van der Waals surface area contributed by atoms with E-state index in [1.807, 2.05) is 13.0 Å². The van der Waals surface area contributed by atoms with E-state index in [4.69, 9.17) is 12.2 Å². The molecule has 0 spiro atoms. The molecule has 0 radical (unpaired) electrons.